The highest BCUT2D eigenvalue weighted by Gasteiger charge is 2.46. The van der Waals surface area contributed by atoms with Crippen LogP contribution in [0.3, 0.4) is 0 Å². The van der Waals surface area contributed by atoms with Crippen molar-refractivity contribution in [3.8, 4) is 0 Å². The van der Waals surface area contributed by atoms with Crippen LogP contribution < -0.4 is 0 Å². The Labute approximate surface area is 105 Å². The molecule has 2 bridgehead atoms. The summed E-state index contributed by atoms with van der Waals surface area (Å²) in [6.45, 7) is 0. The van der Waals surface area contributed by atoms with Crippen LogP contribution in [0.1, 0.15) is 57.8 Å². The van der Waals surface area contributed by atoms with Crippen LogP contribution in [-0.4, -0.2) is 23.9 Å². The standard InChI is InChI=1S/C15H26O2/c1-17-14-4-2-3-7-15(14,16)10-13-9-11-5-6-12(13)8-11/h11-14,16H,2-10H2,1H3. The quantitative estimate of drug-likeness (QED) is 0.818. The van der Waals surface area contributed by atoms with E-state index in [0.29, 0.717) is 0 Å². The van der Waals surface area contributed by atoms with Crippen molar-refractivity contribution >= 4 is 0 Å². The van der Waals surface area contributed by atoms with Crippen LogP contribution in [-0.2, 0) is 4.74 Å². The summed E-state index contributed by atoms with van der Waals surface area (Å²) in [7, 11) is 1.77. The highest BCUT2D eigenvalue weighted by molar-refractivity contribution is 4.98. The SMILES string of the molecule is COC1CCCCC1(O)CC1CC2CCC1C2. The summed E-state index contributed by atoms with van der Waals surface area (Å²) in [5.74, 6) is 2.69. The maximum atomic E-state index is 10.9. The fraction of sp³-hybridized carbons (Fsp3) is 1.00. The third-order valence-corrected chi connectivity index (χ3v) is 5.71. The molecule has 5 unspecified atom stereocenters. The first-order valence-corrected chi connectivity index (χ1v) is 7.46. The van der Waals surface area contributed by atoms with Gasteiger partial charge in [-0.15, -0.1) is 0 Å². The molecular weight excluding hydrogens is 212 g/mol. The van der Waals surface area contributed by atoms with E-state index in [1.807, 2.05) is 0 Å². The van der Waals surface area contributed by atoms with Crippen molar-refractivity contribution in [2.24, 2.45) is 17.8 Å². The number of hydrogen-bond donors (Lipinski definition) is 1. The lowest BCUT2D eigenvalue weighted by Gasteiger charge is -2.42. The fourth-order valence-corrected chi connectivity index (χ4v) is 4.84. The van der Waals surface area contributed by atoms with E-state index >= 15 is 0 Å². The summed E-state index contributed by atoms with van der Waals surface area (Å²) in [5.41, 5.74) is -0.512. The van der Waals surface area contributed by atoms with E-state index in [-0.39, 0.29) is 6.10 Å². The van der Waals surface area contributed by atoms with Gasteiger partial charge in [0.2, 0.25) is 0 Å². The summed E-state index contributed by atoms with van der Waals surface area (Å²) in [5, 5.41) is 10.9. The molecule has 0 spiro atoms. The Balaban J connectivity index is 1.66. The predicted octanol–water partition coefficient (Wildman–Crippen LogP) is 3.13. The predicted molar refractivity (Wildman–Crippen MR) is 67.8 cm³/mol. The number of ether oxygens (including phenoxy) is 1. The van der Waals surface area contributed by atoms with E-state index < -0.39 is 5.60 Å². The van der Waals surface area contributed by atoms with Crippen molar-refractivity contribution in [2.75, 3.05) is 7.11 Å². The number of hydrogen-bond acceptors (Lipinski definition) is 2. The van der Waals surface area contributed by atoms with Crippen molar-refractivity contribution in [3.05, 3.63) is 0 Å². The van der Waals surface area contributed by atoms with Gasteiger partial charge in [-0.25, -0.2) is 0 Å². The second kappa shape index (κ2) is 4.55. The van der Waals surface area contributed by atoms with Crippen LogP contribution >= 0.6 is 0 Å². The Morgan fingerprint density at radius 3 is 2.71 bits per heavy atom. The largest absolute Gasteiger partial charge is 0.387 e. The lowest BCUT2D eigenvalue weighted by atomic mass is 9.73. The van der Waals surface area contributed by atoms with Gasteiger partial charge in [-0.2, -0.15) is 0 Å². The van der Waals surface area contributed by atoms with Gasteiger partial charge >= 0.3 is 0 Å². The second-order valence-corrected chi connectivity index (χ2v) is 6.71. The maximum absolute atomic E-state index is 10.9. The first-order chi connectivity index (χ1) is 8.21. The zero-order chi connectivity index (χ0) is 11.9. The minimum atomic E-state index is -0.512. The zero-order valence-electron chi connectivity index (χ0n) is 11.0. The Bertz CT molecular complexity index is 278. The van der Waals surface area contributed by atoms with Crippen LogP contribution in [0.2, 0.25) is 0 Å². The molecule has 0 saturated heterocycles. The average Bonchev–Trinajstić information content (AvgIpc) is 2.91. The molecule has 98 valence electrons. The maximum Gasteiger partial charge on any atom is 0.0910 e. The molecule has 0 aromatic carbocycles. The van der Waals surface area contributed by atoms with Gasteiger partial charge in [0.1, 0.15) is 0 Å². The van der Waals surface area contributed by atoms with Crippen molar-refractivity contribution < 1.29 is 9.84 Å². The lowest BCUT2D eigenvalue weighted by Crippen LogP contribution is -2.47. The molecule has 0 aliphatic heterocycles. The zero-order valence-corrected chi connectivity index (χ0v) is 11.0. The van der Waals surface area contributed by atoms with Crippen molar-refractivity contribution in [2.45, 2.75) is 69.5 Å². The third-order valence-electron chi connectivity index (χ3n) is 5.71. The summed E-state index contributed by atoms with van der Waals surface area (Å²) in [6.07, 6.45) is 11.2. The van der Waals surface area contributed by atoms with E-state index in [9.17, 15) is 5.11 Å². The number of fused-ring (bicyclic) bond motifs is 2. The first-order valence-electron chi connectivity index (χ1n) is 7.46. The van der Waals surface area contributed by atoms with E-state index in [4.69, 9.17) is 4.74 Å². The monoisotopic (exact) mass is 238 g/mol. The summed E-state index contributed by atoms with van der Waals surface area (Å²) >= 11 is 0. The molecule has 3 fully saturated rings. The molecule has 3 rings (SSSR count). The van der Waals surface area contributed by atoms with Crippen LogP contribution in [0.25, 0.3) is 0 Å². The van der Waals surface area contributed by atoms with Gasteiger partial charge < -0.3 is 9.84 Å². The highest BCUT2D eigenvalue weighted by atomic mass is 16.5. The lowest BCUT2D eigenvalue weighted by molar-refractivity contribution is -0.130. The Morgan fingerprint density at radius 1 is 1.18 bits per heavy atom. The molecule has 3 aliphatic rings. The molecule has 0 aromatic heterocycles. The number of rotatable bonds is 3. The normalized spacial score (nSPS) is 49.8. The number of aliphatic hydroxyl groups is 1. The molecule has 1 N–H and O–H groups in total. The Kier molecular flexibility index (Phi) is 3.20. The summed E-state index contributed by atoms with van der Waals surface area (Å²) < 4.78 is 5.55. The second-order valence-electron chi connectivity index (χ2n) is 6.71. The molecule has 2 heteroatoms. The molecule has 0 amide bonds. The van der Waals surface area contributed by atoms with Crippen LogP contribution in [0.5, 0.6) is 0 Å². The third kappa shape index (κ3) is 2.15. The smallest absolute Gasteiger partial charge is 0.0910 e. The van der Waals surface area contributed by atoms with E-state index in [2.05, 4.69) is 0 Å². The summed E-state index contributed by atoms with van der Waals surface area (Å²) in [6, 6.07) is 0. The van der Waals surface area contributed by atoms with Gasteiger partial charge in [-0.05, 0) is 56.3 Å². The Hall–Kier alpha value is -0.0800. The summed E-state index contributed by atoms with van der Waals surface area (Å²) in [4.78, 5) is 0. The fourth-order valence-electron chi connectivity index (χ4n) is 4.84. The molecule has 17 heavy (non-hydrogen) atoms. The topological polar surface area (TPSA) is 29.5 Å². The van der Waals surface area contributed by atoms with E-state index in [0.717, 1.165) is 37.0 Å². The van der Waals surface area contributed by atoms with E-state index in [1.165, 1.54) is 38.5 Å². The van der Waals surface area contributed by atoms with E-state index in [1.54, 1.807) is 7.11 Å². The van der Waals surface area contributed by atoms with Crippen LogP contribution in [0.15, 0.2) is 0 Å². The van der Waals surface area contributed by atoms with Gasteiger partial charge in [0, 0.05) is 7.11 Å². The molecule has 5 atom stereocenters. The van der Waals surface area contributed by atoms with Gasteiger partial charge in [0.05, 0.1) is 11.7 Å². The molecular formula is C15H26O2. The molecule has 3 saturated carbocycles. The Morgan fingerprint density at radius 2 is 2.06 bits per heavy atom. The van der Waals surface area contributed by atoms with Crippen LogP contribution in [0, 0.1) is 17.8 Å². The van der Waals surface area contributed by atoms with Gasteiger partial charge in [-0.3, -0.25) is 0 Å². The first kappa shape index (κ1) is 12.0. The van der Waals surface area contributed by atoms with Crippen molar-refractivity contribution in [3.63, 3.8) is 0 Å². The van der Waals surface area contributed by atoms with Crippen molar-refractivity contribution in [1.82, 2.24) is 0 Å². The van der Waals surface area contributed by atoms with Crippen molar-refractivity contribution in [1.29, 1.82) is 0 Å². The molecule has 0 heterocycles. The minimum absolute atomic E-state index is 0.0929. The molecule has 0 aromatic rings. The van der Waals surface area contributed by atoms with Gasteiger partial charge in [0.15, 0.2) is 0 Å². The van der Waals surface area contributed by atoms with Gasteiger partial charge in [-0.1, -0.05) is 19.3 Å². The average molecular weight is 238 g/mol. The molecule has 0 radical (unpaired) electrons. The number of methoxy groups -OCH3 is 1. The minimum Gasteiger partial charge on any atom is -0.387 e. The highest BCUT2D eigenvalue weighted by Crippen LogP contribution is 2.52. The van der Waals surface area contributed by atoms with Crippen LogP contribution in [0.4, 0.5) is 0 Å². The van der Waals surface area contributed by atoms with Gasteiger partial charge in [0.25, 0.3) is 0 Å². The molecule has 2 nitrogen and oxygen atoms in total. The molecule has 3 aliphatic carbocycles.